The summed E-state index contributed by atoms with van der Waals surface area (Å²) in [6.07, 6.45) is 2.88. The van der Waals surface area contributed by atoms with E-state index in [-0.39, 0.29) is 41.7 Å². The fraction of sp³-hybridized carbons (Fsp3) is 0.136. The molecule has 2 aromatic carbocycles. The molecule has 166 valence electrons. The maximum Gasteiger partial charge on any atom is 0.282 e. The SMILES string of the molecule is O=C(CSc1nc2nccnc2c(=O)n1Cc1ccc2c(c1)OCO2)Nc1ccc(F)cc1. The third kappa shape index (κ3) is 4.48. The van der Waals surface area contributed by atoms with E-state index in [1.807, 2.05) is 6.07 Å². The number of nitrogens with one attached hydrogen (secondary N) is 1. The van der Waals surface area contributed by atoms with Crippen molar-refractivity contribution in [3.8, 4) is 11.5 Å². The Morgan fingerprint density at radius 1 is 1.09 bits per heavy atom. The standard InChI is InChI=1S/C22H16FN5O4S/c23-14-2-4-15(5-3-14)26-18(29)11-33-22-27-20-19(24-7-8-25-20)21(30)28(22)10-13-1-6-16-17(9-13)32-12-31-16/h1-9H,10-12H2,(H,26,29). The van der Waals surface area contributed by atoms with Gasteiger partial charge in [0.2, 0.25) is 12.7 Å². The van der Waals surface area contributed by atoms with Crippen LogP contribution >= 0.6 is 11.8 Å². The molecule has 4 aromatic rings. The molecule has 5 rings (SSSR count). The number of ether oxygens (including phenoxy) is 2. The number of hydrogen-bond donors (Lipinski definition) is 1. The van der Waals surface area contributed by atoms with Crippen molar-refractivity contribution in [3.05, 3.63) is 76.6 Å². The van der Waals surface area contributed by atoms with E-state index in [1.165, 1.54) is 41.2 Å². The summed E-state index contributed by atoms with van der Waals surface area (Å²) in [6, 6.07) is 10.9. The number of amides is 1. The molecule has 11 heteroatoms. The molecule has 0 atom stereocenters. The summed E-state index contributed by atoms with van der Waals surface area (Å²) in [7, 11) is 0. The number of fused-ring (bicyclic) bond motifs is 2. The van der Waals surface area contributed by atoms with E-state index in [2.05, 4.69) is 20.3 Å². The highest BCUT2D eigenvalue weighted by Gasteiger charge is 2.18. The summed E-state index contributed by atoms with van der Waals surface area (Å²) < 4.78 is 25.3. The Hall–Kier alpha value is -3.99. The molecule has 2 aromatic heterocycles. The van der Waals surface area contributed by atoms with Crippen LogP contribution < -0.4 is 20.3 Å². The van der Waals surface area contributed by atoms with Crippen LogP contribution in [0.4, 0.5) is 10.1 Å². The highest BCUT2D eigenvalue weighted by atomic mass is 32.2. The van der Waals surface area contributed by atoms with Gasteiger partial charge in [0.25, 0.3) is 5.56 Å². The van der Waals surface area contributed by atoms with Gasteiger partial charge in [-0.15, -0.1) is 0 Å². The number of thioether (sulfide) groups is 1. The van der Waals surface area contributed by atoms with Crippen LogP contribution in [0.25, 0.3) is 11.2 Å². The van der Waals surface area contributed by atoms with Crippen molar-refractivity contribution in [2.24, 2.45) is 0 Å². The van der Waals surface area contributed by atoms with E-state index in [1.54, 1.807) is 12.1 Å². The average Bonchev–Trinajstić information content (AvgIpc) is 3.29. The van der Waals surface area contributed by atoms with Crippen LogP contribution in [0.5, 0.6) is 11.5 Å². The minimum absolute atomic E-state index is 0.0171. The quantitative estimate of drug-likeness (QED) is 0.342. The molecule has 0 unspecified atom stereocenters. The van der Waals surface area contributed by atoms with Gasteiger partial charge in [-0.2, -0.15) is 0 Å². The van der Waals surface area contributed by atoms with Crippen molar-refractivity contribution in [2.45, 2.75) is 11.7 Å². The average molecular weight is 465 g/mol. The first-order valence-electron chi connectivity index (χ1n) is 9.85. The van der Waals surface area contributed by atoms with Gasteiger partial charge in [0.15, 0.2) is 27.8 Å². The molecule has 0 fully saturated rings. The molecule has 1 amide bonds. The topological polar surface area (TPSA) is 108 Å². The third-order valence-electron chi connectivity index (χ3n) is 4.80. The number of carbonyl (C=O) groups is 1. The zero-order chi connectivity index (χ0) is 22.8. The summed E-state index contributed by atoms with van der Waals surface area (Å²) in [5.41, 5.74) is 1.23. The van der Waals surface area contributed by atoms with Gasteiger partial charge in [0.05, 0.1) is 12.3 Å². The summed E-state index contributed by atoms with van der Waals surface area (Å²) in [6.45, 7) is 0.340. The first-order chi connectivity index (χ1) is 16.1. The molecule has 0 saturated carbocycles. The van der Waals surface area contributed by atoms with Gasteiger partial charge < -0.3 is 14.8 Å². The van der Waals surface area contributed by atoms with Gasteiger partial charge in [0.1, 0.15) is 5.82 Å². The van der Waals surface area contributed by atoms with Crippen LogP contribution in [0, 0.1) is 5.82 Å². The van der Waals surface area contributed by atoms with Crippen molar-refractivity contribution < 1.29 is 18.7 Å². The fourth-order valence-corrected chi connectivity index (χ4v) is 4.05. The van der Waals surface area contributed by atoms with Gasteiger partial charge in [-0.05, 0) is 42.0 Å². The highest BCUT2D eigenvalue weighted by molar-refractivity contribution is 7.99. The Bertz CT molecular complexity index is 1410. The molecular formula is C22H16FN5O4S. The predicted molar refractivity (Wildman–Crippen MR) is 119 cm³/mol. The zero-order valence-corrected chi connectivity index (χ0v) is 17.8. The summed E-state index contributed by atoms with van der Waals surface area (Å²) in [5, 5.41) is 3.01. The second kappa shape index (κ2) is 8.87. The molecule has 0 bridgehead atoms. The molecule has 1 N–H and O–H groups in total. The van der Waals surface area contributed by atoms with E-state index in [0.29, 0.717) is 22.3 Å². The number of halogens is 1. The van der Waals surface area contributed by atoms with Crippen molar-refractivity contribution in [2.75, 3.05) is 17.9 Å². The van der Waals surface area contributed by atoms with Gasteiger partial charge in [-0.25, -0.2) is 19.3 Å². The predicted octanol–water partition coefficient (Wildman–Crippen LogP) is 2.83. The lowest BCUT2D eigenvalue weighted by molar-refractivity contribution is -0.113. The van der Waals surface area contributed by atoms with Crippen LogP contribution in [-0.2, 0) is 11.3 Å². The van der Waals surface area contributed by atoms with E-state index < -0.39 is 5.82 Å². The van der Waals surface area contributed by atoms with Crippen molar-refractivity contribution >= 4 is 34.5 Å². The first kappa shape index (κ1) is 20.9. The van der Waals surface area contributed by atoms with E-state index in [4.69, 9.17) is 9.47 Å². The Kier molecular flexibility index (Phi) is 5.61. The van der Waals surface area contributed by atoms with Crippen molar-refractivity contribution in [3.63, 3.8) is 0 Å². The van der Waals surface area contributed by atoms with Gasteiger partial charge in [0, 0.05) is 18.1 Å². The molecule has 1 aliphatic heterocycles. The smallest absolute Gasteiger partial charge is 0.282 e. The largest absolute Gasteiger partial charge is 0.454 e. The second-order valence-electron chi connectivity index (χ2n) is 7.05. The second-order valence-corrected chi connectivity index (χ2v) is 7.99. The maximum atomic E-state index is 13.2. The Balaban J connectivity index is 1.42. The number of nitrogens with zero attached hydrogens (tertiary/aromatic N) is 4. The van der Waals surface area contributed by atoms with Gasteiger partial charge in [-0.3, -0.25) is 14.2 Å². The molecule has 0 radical (unpaired) electrons. The van der Waals surface area contributed by atoms with Crippen LogP contribution in [0.2, 0.25) is 0 Å². The molecule has 9 nitrogen and oxygen atoms in total. The Morgan fingerprint density at radius 3 is 2.73 bits per heavy atom. The minimum atomic E-state index is -0.392. The monoisotopic (exact) mass is 465 g/mol. The first-order valence-corrected chi connectivity index (χ1v) is 10.8. The maximum absolute atomic E-state index is 13.2. The number of benzene rings is 2. The highest BCUT2D eigenvalue weighted by Crippen LogP contribution is 2.33. The lowest BCUT2D eigenvalue weighted by Crippen LogP contribution is -2.25. The van der Waals surface area contributed by atoms with E-state index >= 15 is 0 Å². The van der Waals surface area contributed by atoms with Crippen molar-refractivity contribution in [1.82, 2.24) is 19.5 Å². The molecule has 1 aliphatic rings. The lowest BCUT2D eigenvalue weighted by atomic mass is 10.2. The van der Waals surface area contributed by atoms with Crippen LogP contribution in [0.1, 0.15) is 5.56 Å². The van der Waals surface area contributed by atoms with Crippen LogP contribution in [0.15, 0.2) is 64.8 Å². The molecule has 3 heterocycles. The number of rotatable bonds is 6. The van der Waals surface area contributed by atoms with Gasteiger partial charge in [-0.1, -0.05) is 17.8 Å². The number of anilines is 1. The molecule has 0 spiro atoms. The van der Waals surface area contributed by atoms with Gasteiger partial charge >= 0.3 is 0 Å². The van der Waals surface area contributed by atoms with E-state index in [9.17, 15) is 14.0 Å². The Labute approximate surface area is 190 Å². The van der Waals surface area contributed by atoms with E-state index in [0.717, 1.165) is 17.3 Å². The molecule has 0 saturated heterocycles. The summed E-state index contributed by atoms with van der Waals surface area (Å²) in [5.74, 6) is 0.505. The fourth-order valence-electron chi connectivity index (χ4n) is 3.26. The third-order valence-corrected chi connectivity index (χ3v) is 5.77. The van der Waals surface area contributed by atoms with Crippen molar-refractivity contribution in [1.29, 1.82) is 0 Å². The Morgan fingerprint density at radius 2 is 1.88 bits per heavy atom. The molecule has 0 aliphatic carbocycles. The van der Waals surface area contributed by atoms with Crippen LogP contribution in [0.3, 0.4) is 0 Å². The number of carbonyl (C=O) groups excluding carboxylic acids is 1. The van der Waals surface area contributed by atoms with Crippen LogP contribution in [-0.4, -0.2) is 38.0 Å². The molecular weight excluding hydrogens is 449 g/mol. The lowest BCUT2D eigenvalue weighted by Gasteiger charge is -2.13. The summed E-state index contributed by atoms with van der Waals surface area (Å²) in [4.78, 5) is 38.3. The summed E-state index contributed by atoms with van der Waals surface area (Å²) >= 11 is 1.09. The molecule has 33 heavy (non-hydrogen) atoms. The zero-order valence-electron chi connectivity index (χ0n) is 17.0. The number of aromatic nitrogens is 4. The normalized spacial score (nSPS) is 12.2. The number of hydrogen-bond acceptors (Lipinski definition) is 8. The minimum Gasteiger partial charge on any atom is -0.454 e.